The van der Waals surface area contributed by atoms with Gasteiger partial charge in [-0.3, -0.25) is 5.32 Å². The highest BCUT2D eigenvalue weighted by Gasteiger charge is 2.22. The monoisotopic (exact) mass is 269 g/mol. The van der Waals surface area contributed by atoms with Gasteiger partial charge in [0.25, 0.3) is 0 Å². The van der Waals surface area contributed by atoms with Gasteiger partial charge < -0.3 is 10.0 Å². The van der Waals surface area contributed by atoms with Gasteiger partial charge >= 0.3 is 6.03 Å². The van der Waals surface area contributed by atoms with Crippen LogP contribution in [0.15, 0.2) is 6.20 Å². The molecule has 18 heavy (non-hydrogen) atoms. The molecule has 2 heterocycles. The Labute approximate surface area is 111 Å². The molecule has 1 saturated heterocycles. The summed E-state index contributed by atoms with van der Waals surface area (Å²) in [5, 5.41) is 12.6. The van der Waals surface area contributed by atoms with E-state index in [0.717, 1.165) is 19.3 Å². The topological polar surface area (TPSA) is 65.5 Å². The fraction of sp³-hybridized carbons (Fsp3) is 0.667. The van der Waals surface area contributed by atoms with Crippen LogP contribution in [0.2, 0.25) is 0 Å². The van der Waals surface area contributed by atoms with Gasteiger partial charge in [0, 0.05) is 30.8 Å². The van der Waals surface area contributed by atoms with E-state index in [0.29, 0.717) is 24.1 Å². The summed E-state index contributed by atoms with van der Waals surface area (Å²) in [6.45, 7) is 3.72. The first-order valence-electron chi connectivity index (χ1n) is 6.34. The number of carbonyl (C=O) groups excluding carboxylic acids is 1. The van der Waals surface area contributed by atoms with Gasteiger partial charge in [0.15, 0.2) is 5.13 Å². The van der Waals surface area contributed by atoms with Crippen LogP contribution in [0.4, 0.5) is 9.93 Å². The van der Waals surface area contributed by atoms with Gasteiger partial charge in [0.2, 0.25) is 0 Å². The molecule has 1 aliphatic rings. The average molecular weight is 269 g/mol. The summed E-state index contributed by atoms with van der Waals surface area (Å²) in [4.78, 5) is 19.1. The third-order valence-corrected chi connectivity index (χ3v) is 4.33. The zero-order valence-corrected chi connectivity index (χ0v) is 11.4. The van der Waals surface area contributed by atoms with E-state index in [1.807, 2.05) is 0 Å². The lowest BCUT2D eigenvalue weighted by atomic mass is 9.98. The van der Waals surface area contributed by atoms with Crippen molar-refractivity contribution in [2.24, 2.45) is 5.92 Å². The number of nitrogens with zero attached hydrogens (tertiary/aromatic N) is 2. The van der Waals surface area contributed by atoms with Crippen LogP contribution >= 0.6 is 11.3 Å². The van der Waals surface area contributed by atoms with Crippen molar-refractivity contribution in [3.05, 3.63) is 11.1 Å². The number of hydrogen-bond acceptors (Lipinski definition) is 4. The van der Waals surface area contributed by atoms with E-state index in [9.17, 15) is 4.79 Å². The number of anilines is 1. The highest BCUT2D eigenvalue weighted by Crippen LogP contribution is 2.20. The van der Waals surface area contributed by atoms with Crippen LogP contribution < -0.4 is 5.32 Å². The third-order valence-electron chi connectivity index (χ3n) is 3.28. The standard InChI is InChI=1S/C12H19N3O2S/c1-2-10-7-13-11(18-10)14-12(17)15-5-3-9(8-16)4-6-15/h7,9,16H,2-6,8H2,1H3,(H,13,14,17). The van der Waals surface area contributed by atoms with Crippen molar-refractivity contribution in [2.45, 2.75) is 26.2 Å². The molecular weight excluding hydrogens is 250 g/mol. The average Bonchev–Trinajstić information content (AvgIpc) is 2.86. The first-order valence-corrected chi connectivity index (χ1v) is 7.16. The predicted octanol–water partition coefficient (Wildman–Crippen LogP) is 1.94. The smallest absolute Gasteiger partial charge is 0.323 e. The summed E-state index contributed by atoms with van der Waals surface area (Å²) in [6.07, 6.45) is 4.50. The molecule has 0 bridgehead atoms. The molecule has 5 nitrogen and oxygen atoms in total. The van der Waals surface area contributed by atoms with E-state index in [2.05, 4.69) is 17.2 Å². The molecule has 0 saturated carbocycles. The second-order valence-corrected chi connectivity index (χ2v) is 5.64. The van der Waals surface area contributed by atoms with Gasteiger partial charge in [-0.15, -0.1) is 11.3 Å². The number of aromatic nitrogens is 1. The quantitative estimate of drug-likeness (QED) is 0.881. The lowest BCUT2D eigenvalue weighted by Crippen LogP contribution is -2.41. The lowest BCUT2D eigenvalue weighted by Gasteiger charge is -2.30. The van der Waals surface area contributed by atoms with E-state index in [1.165, 1.54) is 16.2 Å². The maximum Gasteiger partial charge on any atom is 0.323 e. The number of likely N-dealkylation sites (tertiary alicyclic amines) is 1. The van der Waals surface area contributed by atoms with Crippen LogP contribution in [-0.2, 0) is 6.42 Å². The predicted molar refractivity (Wildman–Crippen MR) is 71.9 cm³/mol. The number of aryl methyl sites for hydroxylation is 1. The fourth-order valence-corrected chi connectivity index (χ4v) is 2.76. The Morgan fingerprint density at radius 3 is 2.89 bits per heavy atom. The molecule has 0 spiro atoms. The minimum atomic E-state index is -0.0802. The van der Waals surface area contributed by atoms with Gasteiger partial charge in [0.05, 0.1) is 0 Å². The number of hydrogen-bond donors (Lipinski definition) is 2. The molecule has 0 aromatic carbocycles. The molecule has 1 fully saturated rings. The van der Waals surface area contributed by atoms with Crippen LogP contribution in [0.25, 0.3) is 0 Å². The van der Waals surface area contributed by atoms with Crippen LogP contribution in [0.3, 0.4) is 0 Å². The molecule has 1 aromatic heterocycles. The van der Waals surface area contributed by atoms with Gasteiger partial charge in [0.1, 0.15) is 0 Å². The largest absolute Gasteiger partial charge is 0.396 e. The number of piperidine rings is 1. The van der Waals surface area contributed by atoms with E-state index < -0.39 is 0 Å². The number of carbonyl (C=O) groups is 1. The van der Waals surface area contributed by atoms with Crippen LogP contribution in [0.1, 0.15) is 24.6 Å². The number of urea groups is 1. The molecule has 1 aliphatic heterocycles. The van der Waals surface area contributed by atoms with Crippen molar-refractivity contribution < 1.29 is 9.90 Å². The van der Waals surface area contributed by atoms with Gasteiger partial charge in [-0.1, -0.05) is 6.92 Å². The Balaban J connectivity index is 1.85. The molecule has 100 valence electrons. The van der Waals surface area contributed by atoms with Crippen LogP contribution in [0, 0.1) is 5.92 Å². The molecule has 2 amide bonds. The van der Waals surface area contributed by atoms with Crippen molar-refractivity contribution >= 4 is 22.5 Å². The zero-order chi connectivity index (χ0) is 13.0. The SMILES string of the molecule is CCc1cnc(NC(=O)N2CCC(CO)CC2)s1. The summed E-state index contributed by atoms with van der Waals surface area (Å²) in [6, 6.07) is -0.0802. The third kappa shape index (κ3) is 3.20. The first kappa shape index (κ1) is 13.3. The number of thiazole rings is 1. The minimum absolute atomic E-state index is 0.0802. The van der Waals surface area contributed by atoms with Gasteiger partial charge in [-0.2, -0.15) is 0 Å². The van der Waals surface area contributed by atoms with Crippen molar-refractivity contribution in [1.82, 2.24) is 9.88 Å². The van der Waals surface area contributed by atoms with E-state index in [-0.39, 0.29) is 12.6 Å². The molecule has 0 atom stereocenters. The van der Waals surface area contributed by atoms with Crippen LogP contribution in [-0.4, -0.2) is 40.7 Å². The van der Waals surface area contributed by atoms with Crippen LogP contribution in [0.5, 0.6) is 0 Å². The Morgan fingerprint density at radius 2 is 2.33 bits per heavy atom. The number of aliphatic hydroxyl groups excluding tert-OH is 1. The van der Waals surface area contributed by atoms with Crippen molar-refractivity contribution in [3.8, 4) is 0 Å². The fourth-order valence-electron chi connectivity index (χ4n) is 2.02. The van der Waals surface area contributed by atoms with Gasteiger partial charge in [-0.25, -0.2) is 9.78 Å². The zero-order valence-electron chi connectivity index (χ0n) is 10.6. The van der Waals surface area contributed by atoms with Crippen molar-refractivity contribution in [3.63, 3.8) is 0 Å². The number of rotatable bonds is 3. The lowest BCUT2D eigenvalue weighted by molar-refractivity contribution is 0.143. The summed E-state index contributed by atoms with van der Waals surface area (Å²) in [7, 11) is 0. The van der Waals surface area contributed by atoms with E-state index in [1.54, 1.807) is 11.1 Å². The molecule has 2 N–H and O–H groups in total. The first-order chi connectivity index (χ1) is 8.72. The summed E-state index contributed by atoms with van der Waals surface area (Å²) < 4.78 is 0. The maximum absolute atomic E-state index is 12.0. The molecule has 0 unspecified atom stereocenters. The molecule has 0 radical (unpaired) electrons. The molecule has 1 aromatic rings. The Kier molecular flexibility index (Phi) is 4.54. The highest BCUT2D eigenvalue weighted by atomic mass is 32.1. The second kappa shape index (κ2) is 6.15. The number of nitrogens with one attached hydrogen (secondary N) is 1. The number of aliphatic hydroxyl groups is 1. The van der Waals surface area contributed by atoms with Gasteiger partial charge in [-0.05, 0) is 25.2 Å². The van der Waals surface area contributed by atoms with E-state index >= 15 is 0 Å². The Hall–Kier alpha value is -1.14. The summed E-state index contributed by atoms with van der Waals surface area (Å²) in [5.74, 6) is 0.348. The maximum atomic E-state index is 12.0. The summed E-state index contributed by atoms with van der Waals surface area (Å²) in [5.41, 5.74) is 0. The normalized spacial score (nSPS) is 16.9. The van der Waals surface area contributed by atoms with E-state index in [4.69, 9.17) is 5.11 Å². The number of amides is 2. The molecule has 0 aliphatic carbocycles. The minimum Gasteiger partial charge on any atom is -0.396 e. The summed E-state index contributed by atoms with van der Waals surface area (Å²) >= 11 is 1.52. The molecule has 6 heteroatoms. The highest BCUT2D eigenvalue weighted by molar-refractivity contribution is 7.15. The molecule has 2 rings (SSSR count). The van der Waals surface area contributed by atoms with Crippen molar-refractivity contribution in [2.75, 3.05) is 25.0 Å². The Morgan fingerprint density at radius 1 is 1.61 bits per heavy atom. The van der Waals surface area contributed by atoms with Crippen molar-refractivity contribution in [1.29, 1.82) is 0 Å². The second-order valence-electron chi connectivity index (χ2n) is 4.53. The molecular formula is C12H19N3O2S. The Bertz CT molecular complexity index is 400.